The third-order valence-corrected chi connectivity index (χ3v) is 2.92. The summed E-state index contributed by atoms with van der Waals surface area (Å²) in [7, 11) is 1.40. The van der Waals surface area contributed by atoms with Crippen molar-refractivity contribution < 1.29 is 23.4 Å². The van der Waals surface area contributed by atoms with Crippen LogP contribution in [0.5, 0.6) is 17.2 Å². The van der Waals surface area contributed by atoms with E-state index in [9.17, 15) is 8.78 Å². The van der Waals surface area contributed by atoms with Gasteiger partial charge in [-0.3, -0.25) is 0 Å². The van der Waals surface area contributed by atoms with Gasteiger partial charge in [0.25, 0.3) is 0 Å². The van der Waals surface area contributed by atoms with E-state index < -0.39 is 17.4 Å². The molecule has 2 rings (SSSR count). The highest BCUT2D eigenvalue weighted by Gasteiger charge is 2.16. The fourth-order valence-corrected chi connectivity index (χ4v) is 1.83. The summed E-state index contributed by atoms with van der Waals surface area (Å²) in [5.41, 5.74) is 6.28. The van der Waals surface area contributed by atoms with E-state index in [-0.39, 0.29) is 24.7 Å². The van der Waals surface area contributed by atoms with Gasteiger partial charge in [0.2, 0.25) is 0 Å². The first-order valence-corrected chi connectivity index (χ1v) is 6.22. The van der Waals surface area contributed by atoms with Crippen LogP contribution in [0.3, 0.4) is 0 Å². The number of rotatable bonds is 5. The number of nitrogens with two attached hydrogens (primary N) is 1. The van der Waals surface area contributed by atoms with Crippen LogP contribution in [0.2, 0.25) is 0 Å². The van der Waals surface area contributed by atoms with Gasteiger partial charge in [0, 0.05) is 6.54 Å². The maximum atomic E-state index is 13.9. The van der Waals surface area contributed by atoms with Gasteiger partial charge in [-0.05, 0) is 35.4 Å². The fraction of sp³-hybridized carbons (Fsp3) is 0.200. The molecule has 3 N–H and O–H groups in total. The zero-order valence-corrected chi connectivity index (χ0v) is 11.4. The molecule has 0 spiro atoms. The number of aliphatic hydroxyl groups is 1. The SMILES string of the molecule is COc1cc(CO)ccc1Oc1c(F)cc(CN)cc1F. The normalized spacial score (nSPS) is 10.5. The lowest BCUT2D eigenvalue weighted by molar-refractivity contribution is 0.280. The van der Waals surface area contributed by atoms with Crippen molar-refractivity contribution in [3.05, 3.63) is 53.1 Å². The van der Waals surface area contributed by atoms with Gasteiger partial charge in [-0.15, -0.1) is 0 Å². The topological polar surface area (TPSA) is 64.7 Å². The first-order chi connectivity index (χ1) is 10.1. The second-order valence-corrected chi connectivity index (χ2v) is 4.34. The minimum Gasteiger partial charge on any atom is -0.493 e. The monoisotopic (exact) mass is 295 g/mol. The summed E-state index contributed by atoms with van der Waals surface area (Å²) in [6.45, 7) is -0.146. The average Bonchev–Trinajstić information content (AvgIpc) is 2.50. The highest BCUT2D eigenvalue weighted by atomic mass is 19.1. The van der Waals surface area contributed by atoms with Crippen LogP contribution in [0.25, 0.3) is 0 Å². The molecule has 0 bridgehead atoms. The van der Waals surface area contributed by atoms with Gasteiger partial charge in [0.15, 0.2) is 28.9 Å². The van der Waals surface area contributed by atoms with E-state index in [0.29, 0.717) is 11.1 Å². The molecule has 2 aromatic rings. The lowest BCUT2D eigenvalue weighted by atomic mass is 10.2. The minimum absolute atomic E-state index is 0.0304. The minimum atomic E-state index is -0.844. The second kappa shape index (κ2) is 6.51. The Balaban J connectivity index is 2.38. The van der Waals surface area contributed by atoms with Gasteiger partial charge in [0.05, 0.1) is 13.7 Å². The molecule has 6 heteroatoms. The molecule has 0 radical (unpaired) electrons. The lowest BCUT2D eigenvalue weighted by Gasteiger charge is -2.13. The highest BCUT2D eigenvalue weighted by molar-refractivity contribution is 5.46. The fourth-order valence-electron chi connectivity index (χ4n) is 1.83. The van der Waals surface area contributed by atoms with Crippen LogP contribution in [0.4, 0.5) is 8.78 Å². The van der Waals surface area contributed by atoms with Gasteiger partial charge in [0.1, 0.15) is 0 Å². The van der Waals surface area contributed by atoms with Crippen molar-refractivity contribution in [2.45, 2.75) is 13.2 Å². The standard InChI is InChI=1S/C15H15F2NO3/c1-20-14-6-9(8-19)2-3-13(14)21-15-11(16)4-10(7-18)5-12(15)17/h2-6,19H,7-8,18H2,1H3. The summed E-state index contributed by atoms with van der Waals surface area (Å²) < 4.78 is 38.1. The van der Waals surface area contributed by atoms with Gasteiger partial charge in [-0.2, -0.15) is 0 Å². The molecule has 2 aromatic carbocycles. The van der Waals surface area contributed by atoms with Gasteiger partial charge in [-0.25, -0.2) is 8.78 Å². The molecule has 0 aromatic heterocycles. The molecule has 0 heterocycles. The maximum absolute atomic E-state index is 13.9. The van der Waals surface area contributed by atoms with Gasteiger partial charge >= 0.3 is 0 Å². The Morgan fingerprint density at radius 2 is 1.71 bits per heavy atom. The van der Waals surface area contributed by atoms with E-state index in [1.54, 1.807) is 6.07 Å². The van der Waals surface area contributed by atoms with Crippen molar-refractivity contribution >= 4 is 0 Å². The quantitative estimate of drug-likeness (QED) is 0.890. The lowest BCUT2D eigenvalue weighted by Crippen LogP contribution is -2.01. The molecule has 0 fully saturated rings. The Hall–Kier alpha value is -2.18. The first-order valence-electron chi connectivity index (χ1n) is 6.22. The van der Waals surface area contributed by atoms with Gasteiger partial charge in [-0.1, -0.05) is 6.07 Å². The van der Waals surface area contributed by atoms with Crippen molar-refractivity contribution in [2.24, 2.45) is 5.73 Å². The zero-order valence-electron chi connectivity index (χ0n) is 11.4. The molecule has 4 nitrogen and oxygen atoms in total. The van der Waals surface area contributed by atoms with Gasteiger partial charge < -0.3 is 20.3 Å². The molecular weight excluding hydrogens is 280 g/mol. The number of benzene rings is 2. The van der Waals surface area contributed by atoms with Crippen molar-refractivity contribution in [1.29, 1.82) is 0 Å². The Labute approximate surface area is 120 Å². The number of hydrogen-bond acceptors (Lipinski definition) is 4. The van der Waals surface area contributed by atoms with Crippen LogP contribution in [-0.2, 0) is 13.2 Å². The van der Waals surface area contributed by atoms with E-state index in [1.165, 1.54) is 19.2 Å². The van der Waals surface area contributed by atoms with Crippen molar-refractivity contribution in [2.75, 3.05) is 7.11 Å². The third-order valence-electron chi connectivity index (χ3n) is 2.92. The number of methoxy groups -OCH3 is 1. The molecule has 112 valence electrons. The summed E-state index contributed by atoms with van der Waals surface area (Å²) >= 11 is 0. The van der Waals surface area contributed by atoms with Crippen LogP contribution >= 0.6 is 0 Å². The second-order valence-electron chi connectivity index (χ2n) is 4.34. The summed E-state index contributed by atoms with van der Waals surface area (Å²) in [5.74, 6) is -1.80. The van der Waals surface area contributed by atoms with Crippen LogP contribution < -0.4 is 15.2 Å². The van der Waals surface area contributed by atoms with Crippen LogP contribution in [-0.4, -0.2) is 12.2 Å². The molecule has 0 saturated heterocycles. The summed E-state index contributed by atoms with van der Waals surface area (Å²) in [5, 5.41) is 9.06. The highest BCUT2D eigenvalue weighted by Crippen LogP contribution is 2.35. The zero-order chi connectivity index (χ0) is 15.4. The molecule has 0 unspecified atom stereocenters. The smallest absolute Gasteiger partial charge is 0.198 e. The van der Waals surface area contributed by atoms with Crippen molar-refractivity contribution in [3.8, 4) is 17.2 Å². The number of ether oxygens (including phenoxy) is 2. The largest absolute Gasteiger partial charge is 0.493 e. The molecule has 0 saturated carbocycles. The summed E-state index contributed by atoms with van der Waals surface area (Å²) in [6, 6.07) is 6.81. The molecule has 0 aliphatic carbocycles. The Morgan fingerprint density at radius 3 is 2.24 bits per heavy atom. The predicted molar refractivity (Wildman–Crippen MR) is 73.2 cm³/mol. The Kier molecular flexibility index (Phi) is 4.72. The number of hydrogen-bond donors (Lipinski definition) is 2. The van der Waals surface area contributed by atoms with E-state index in [0.717, 1.165) is 12.1 Å². The van der Waals surface area contributed by atoms with Crippen molar-refractivity contribution in [1.82, 2.24) is 0 Å². The molecular formula is C15H15F2NO3. The van der Waals surface area contributed by atoms with Crippen LogP contribution in [0.15, 0.2) is 30.3 Å². The number of aliphatic hydroxyl groups excluding tert-OH is 1. The van der Waals surface area contributed by atoms with E-state index >= 15 is 0 Å². The first kappa shape index (κ1) is 15.2. The van der Waals surface area contributed by atoms with E-state index in [2.05, 4.69) is 0 Å². The van der Waals surface area contributed by atoms with Crippen molar-refractivity contribution in [3.63, 3.8) is 0 Å². The Morgan fingerprint density at radius 1 is 1.05 bits per heavy atom. The summed E-state index contributed by atoms with van der Waals surface area (Å²) in [4.78, 5) is 0. The predicted octanol–water partition coefficient (Wildman–Crippen LogP) is 2.72. The molecule has 21 heavy (non-hydrogen) atoms. The van der Waals surface area contributed by atoms with E-state index in [4.69, 9.17) is 20.3 Å². The molecule has 0 aliphatic rings. The van der Waals surface area contributed by atoms with E-state index in [1.807, 2.05) is 0 Å². The molecule has 0 amide bonds. The summed E-state index contributed by atoms with van der Waals surface area (Å²) in [6.07, 6.45) is 0. The Bertz CT molecular complexity index is 624. The maximum Gasteiger partial charge on any atom is 0.198 e. The van der Waals surface area contributed by atoms with Crippen LogP contribution in [0, 0.1) is 11.6 Å². The molecule has 0 aliphatic heterocycles. The number of halogens is 2. The third kappa shape index (κ3) is 3.29. The van der Waals surface area contributed by atoms with Crippen LogP contribution in [0.1, 0.15) is 11.1 Å². The molecule has 0 atom stereocenters. The average molecular weight is 295 g/mol.